The molecule has 0 amide bonds. The lowest BCUT2D eigenvalue weighted by molar-refractivity contribution is -0.138. The summed E-state index contributed by atoms with van der Waals surface area (Å²) in [6.45, 7) is 15.2. The van der Waals surface area contributed by atoms with E-state index in [0.29, 0.717) is 0 Å². The van der Waals surface area contributed by atoms with Crippen LogP contribution in [0.5, 0.6) is 0 Å². The second-order valence-corrected chi connectivity index (χ2v) is 14.3. The van der Waals surface area contributed by atoms with Gasteiger partial charge in [-0.2, -0.15) is 0 Å². The predicted octanol–water partition coefficient (Wildman–Crippen LogP) is 4.96. The van der Waals surface area contributed by atoms with Gasteiger partial charge in [0.15, 0.2) is 0 Å². The summed E-state index contributed by atoms with van der Waals surface area (Å²) in [6.07, 6.45) is 0.0853. The van der Waals surface area contributed by atoms with Crippen LogP contribution in [0.15, 0.2) is 30.3 Å². The molecule has 0 N–H and O–H groups in total. The first-order valence-corrected chi connectivity index (χ1v) is 11.9. The number of hydrogen-bond donors (Lipinski definition) is 0. The molecule has 1 rings (SSSR count). The molecule has 0 bridgehead atoms. The Balaban J connectivity index is 3.31. The molecule has 138 valence electrons. The Morgan fingerprint density at radius 1 is 0.960 bits per heavy atom. The van der Waals surface area contributed by atoms with Crippen LogP contribution in [0.4, 0.5) is 0 Å². The fourth-order valence-corrected chi connectivity index (χ4v) is 4.37. The van der Waals surface area contributed by atoms with E-state index < -0.39 is 19.4 Å². The van der Waals surface area contributed by atoms with Crippen molar-refractivity contribution >= 4 is 25.0 Å². The summed E-state index contributed by atoms with van der Waals surface area (Å²) in [6, 6.07) is 9.50. The first-order chi connectivity index (χ1) is 11.2. The van der Waals surface area contributed by atoms with Crippen LogP contribution in [0.1, 0.15) is 59.4 Å². The van der Waals surface area contributed by atoms with E-state index in [0.717, 1.165) is 5.56 Å². The van der Waals surface area contributed by atoms with Gasteiger partial charge in [-0.3, -0.25) is 9.59 Å². The first-order valence-electron chi connectivity index (χ1n) is 8.86. The Morgan fingerprint density at radius 2 is 1.44 bits per heavy atom. The summed E-state index contributed by atoms with van der Waals surface area (Å²) in [5, 5.41) is 0.0786. The summed E-state index contributed by atoms with van der Waals surface area (Å²) >= 11 is 0. The van der Waals surface area contributed by atoms with Crippen LogP contribution in [0.25, 0.3) is 0 Å². The fraction of sp³-hybridized carbons (Fsp3) is 0.571. The Bertz CT molecular complexity index is 651. The molecule has 0 radical (unpaired) electrons. The molecule has 0 fully saturated rings. The molecule has 0 aliphatic rings. The van der Waals surface area contributed by atoms with Crippen molar-refractivity contribution in [2.75, 3.05) is 0 Å². The molecule has 1 aromatic rings. The molecule has 0 aromatic heterocycles. The zero-order chi connectivity index (χ0) is 19.6. The Labute approximate surface area is 153 Å². The van der Waals surface area contributed by atoms with Gasteiger partial charge >= 0.3 is 0 Å². The average molecular weight is 361 g/mol. The summed E-state index contributed by atoms with van der Waals surface area (Å²) in [7, 11) is -2.28. The van der Waals surface area contributed by atoms with Crippen molar-refractivity contribution < 1.29 is 14.4 Å². The van der Waals surface area contributed by atoms with Gasteiger partial charge in [-0.25, -0.2) is 0 Å². The maximum atomic E-state index is 13.5. The number of benzene rings is 1. The van der Waals surface area contributed by atoms with Gasteiger partial charge in [0.2, 0.25) is 0 Å². The van der Waals surface area contributed by atoms with Crippen LogP contribution in [0.3, 0.4) is 0 Å². The molecule has 0 saturated carbocycles. The molecule has 1 atom stereocenters. The average Bonchev–Trinajstić information content (AvgIpc) is 2.51. The van der Waals surface area contributed by atoms with Gasteiger partial charge in [-0.05, 0) is 31.4 Å². The number of carbonyl (C=O) groups excluding carboxylic acids is 3. The van der Waals surface area contributed by atoms with Gasteiger partial charge in [-0.1, -0.05) is 64.2 Å². The number of rotatable bonds is 7. The quantitative estimate of drug-likeness (QED) is 0.510. The monoisotopic (exact) mass is 360 g/mol. The number of Topliss-reactive ketones (excluding diaryl/α,β-unsaturated/α-hetero) is 2. The lowest BCUT2D eigenvalue weighted by Crippen LogP contribution is -2.49. The van der Waals surface area contributed by atoms with Crippen molar-refractivity contribution in [3.05, 3.63) is 35.9 Å². The van der Waals surface area contributed by atoms with Gasteiger partial charge in [0.05, 0.1) is 5.41 Å². The zero-order valence-electron chi connectivity index (χ0n) is 16.9. The van der Waals surface area contributed by atoms with E-state index in [1.807, 2.05) is 30.3 Å². The standard InChI is InChI=1S/C21H32O3Si/c1-15(22)21(5,6)18(23)14-17(16-12-10-9-11-13-16)19(24)25(7,8)20(2,3)4/h9-13,17H,14H2,1-8H3. The maximum Gasteiger partial charge on any atom is 0.146 e. The second kappa shape index (κ2) is 7.36. The van der Waals surface area contributed by atoms with E-state index >= 15 is 0 Å². The third-order valence-corrected chi connectivity index (χ3v) is 11.3. The molecule has 25 heavy (non-hydrogen) atoms. The molecule has 0 spiro atoms. The minimum absolute atomic E-state index is 0.0853. The number of hydrogen-bond acceptors (Lipinski definition) is 3. The van der Waals surface area contributed by atoms with E-state index in [-0.39, 0.29) is 28.4 Å². The largest absolute Gasteiger partial charge is 0.305 e. The normalized spacial score (nSPS) is 14.1. The van der Waals surface area contributed by atoms with Crippen LogP contribution >= 0.6 is 0 Å². The molecule has 1 unspecified atom stereocenters. The number of ketones is 2. The highest BCUT2D eigenvalue weighted by atomic mass is 28.3. The molecular weight excluding hydrogens is 328 g/mol. The third-order valence-electron chi connectivity index (χ3n) is 5.98. The summed E-state index contributed by atoms with van der Waals surface area (Å²) < 4.78 is 0. The van der Waals surface area contributed by atoms with Crippen LogP contribution in [-0.2, 0) is 14.4 Å². The molecule has 4 heteroatoms. The van der Waals surface area contributed by atoms with E-state index in [2.05, 4.69) is 33.9 Å². The van der Waals surface area contributed by atoms with E-state index in [9.17, 15) is 14.4 Å². The van der Waals surface area contributed by atoms with E-state index in [1.54, 1.807) is 13.8 Å². The van der Waals surface area contributed by atoms with Crippen molar-refractivity contribution in [2.45, 2.75) is 72.0 Å². The highest BCUT2D eigenvalue weighted by Crippen LogP contribution is 2.41. The lowest BCUT2D eigenvalue weighted by Gasteiger charge is -2.38. The Morgan fingerprint density at radius 3 is 1.84 bits per heavy atom. The Hall–Kier alpha value is -1.55. The van der Waals surface area contributed by atoms with Crippen molar-refractivity contribution in [1.82, 2.24) is 0 Å². The SMILES string of the molecule is CC(=O)C(C)(C)C(=O)CC(C(=O)[Si](C)(C)C(C)(C)C)c1ccccc1. The summed E-state index contributed by atoms with van der Waals surface area (Å²) in [5.74, 6) is -0.807. The third kappa shape index (κ3) is 4.54. The van der Waals surface area contributed by atoms with Crippen LogP contribution in [-0.4, -0.2) is 25.0 Å². The molecule has 0 aliphatic heterocycles. The molecule has 3 nitrogen and oxygen atoms in total. The van der Waals surface area contributed by atoms with Gasteiger partial charge in [0, 0.05) is 12.3 Å². The molecular formula is C21H32O3Si. The molecule has 0 heterocycles. The second-order valence-electron chi connectivity index (χ2n) is 9.01. The van der Waals surface area contributed by atoms with Crippen LogP contribution in [0.2, 0.25) is 18.1 Å². The topological polar surface area (TPSA) is 51.2 Å². The predicted molar refractivity (Wildman–Crippen MR) is 105 cm³/mol. The number of carbonyl (C=O) groups is 3. The highest BCUT2D eigenvalue weighted by molar-refractivity contribution is 7.06. The minimum atomic E-state index is -2.28. The molecule has 1 aromatic carbocycles. The molecule has 0 aliphatic carbocycles. The van der Waals surface area contributed by atoms with Crippen LogP contribution < -0.4 is 0 Å². The minimum Gasteiger partial charge on any atom is -0.305 e. The zero-order valence-corrected chi connectivity index (χ0v) is 17.9. The van der Waals surface area contributed by atoms with Gasteiger partial charge in [0.25, 0.3) is 0 Å². The lowest BCUT2D eigenvalue weighted by atomic mass is 9.79. The Kier molecular flexibility index (Phi) is 6.33. The van der Waals surface area contributed by atoms with E-state index in [4.69, 9.17) is 0 Å². The maximum absolute atomic E-state index is 13.5. The summed E-state index contributed by atoms with van der Waals surface area (Å²) in [5.41, 5.74) is -0.189. The van der Waals surface area contributed by atoms with Gasteiger partial charge in [0.1, 0.15) is 25.0 Å². The summed E-state index contributed by atoms with van der Waals surface area (Å²) in [4.78, 5) is 38.1. The van der Waals surface area contributed by atoms with Gasteiger partial charge < -0.3 is 4.79 Å². The van der Waals surface area contributed by atoms with Crippen molar-refractivity contribution in [3.63, 3.8) is 0 Å². The smallest absolute Gasteiger partial charge is 0.146 e. The fourth-order valence-electron chi connectivity index (χ4n) is 2.49. The van der Waals surface area contributed by atoms with Crippen molar-refractivity contribution in [2.24, 2.45) is 5.41 Å². The first kappa shape index (κ1) is 21.5. The van der Waals surface area contributed by atoms with E-state index in [1.165, 1.54) is 6.92 Å². The van der Waals surface area contributed by atoms with Crippen LogP contribution in [0, 0.1) is 5.41 Å². The van der Waals surface area contributed by atoms with Gasteiger partial charge in [-0.15, -0.1) is 0 Å². The van der Waals surface area contributed by atoms with Crippen molar-refractivity contribution in [1.29, 1.82) is 0 Å². The molecule has 0 saturated heterocycles. The highest BCUT2D eigenvalue weighted by Gasteiger charge is 2.46. The van der Waals surface area contributed by atoms with Crippen molar-refractivity contribution in [3.8, 4) is 0 Å².